The van der Waals surface area contributed by atoms with Crippen LogP contribution in [0.5, 0.6) is 0 Å². The van der Waals surface area contributed by atoms with Gasteiger partial charge in [0.2, 0.25) is 0 Å². The normalized spacial score (nSPS) is 16.8. The molecule has 1 aliphatic rings. The van der Waals surface area contributed by atoms with Crippen molar-refractivity contribution >= 4 is 11.6 Å². The van der Waals surface area contributed by atoms with Gasteiger partial charge < -0.3 is 5.11 Å². The van der Waals surface area contributed by atoms with Crippen molar-refractivity contribution in [2.45, 2.75) is 25.0 Å². The van der Waals surface area contributed by atoms with Crippen LogP contribution in [0.4, 0.5) is 4.39 Å². The molecule has 144 valence electrons. The summed E-state index contributed by atoms with van der Waals surface area (Å²) in [6.45, 7) is 3.22. The molecule has 1 N–H and O–H groups in total. The molecule has 4 rings (SSSR count). The Morgan fingerprint density at radius 3 is 1.79 bits per heavy atom. The molecule has 0 spiro atoms. The lowest BCUT2D eigenvalue weighted by molar-refractivity contribution is 0.125. The maximum absolute atomic E-state index is 13.5. The molecule has 1 unspecified atom stereocenters. The molecule has 0 bridgehead atoms. The molecule has 3 aromatic carbocycles. The number of nitrogens with zero attached hydrogens (tertiary/aromatic N) is 1. The molecule has 2 nitrogen and oxygen atoms in total. The number of aliphatic hydroxyl groups is 1. The van der Waals surface area contributed by atoms with Crippen LogP contribution in [0.3, 0.4) is 0 Å². The number of rotatable bonds is 5. The van der Waals surface area contributed by atoms with Gasteiger partial charge in [0.25, 0.3) is 0 Å². The Hall–Kier alpha value is -2.20. The molecule has 0 radical (unpaired) electrons. The van der Waals surface area contributed by atoms with Crippen molar-refractivity contribution in [3.63, 3.8) is 0 Å². The van der Waals surface area contributed by atoms with Gasteiger partial charge in [-0.15, -0.1) is 0 Å². The number of hydrogen-bond donors (Lipinski definition) is 1. The van der Waals surface area contributed by atoms with E-state index in [9.17, 15) is 9.50 Å². The zero-order chi connectivity index (χ0) is 19.6. The average Bonchev–Trinajstić information content (AvgIpc) is 3.22. The van der Waals surface area contributed by atoms with Gasteiger partial charge in [-0.05, 0) is 72.5 Å². The Morgan fingerprint density at radius 2 is 1.25 bits per heavy atom. The van der Waals surface area contributed by atoms with E-state index >= 15 is 0 Å². The monoisotopic (exact) mass is 395 g/mol. The molecule has 4 heteroatoms. The molecule has 0 aliphatic carbocycles. The van der Waals surface area contributed by atoms with Crippen LogP contribution >= 0.6 is 11.6 Å². The zero-order valence-corrected chi connectivity index (χ0v) is 16.4. The van der Waals surface area contributed by atoms with E-state index in [4.69, 9.17) is 11.6 Å². The predicted octanol–water partition coefficient (Wildman–Crippen LogP) is 5.36. The molecule has 0 saturated carbocycles. The molecule has 1 saturated heterocycles. The summed E-state index contributed by atoms with van der Waals surface area (Å²) < 4.78 is 13.5. The zero-order valence-electron chi connectivity index (χ0n) is 15.6. The molecule has 28 heavy (non-hydrogen) atoms. The molecule has 1 heterocycles. The highest BCUT2D eigenvalue weighted by Gasteiger charge is 2.33. The number of hydrogen-bond acceptors (Lipinski definition) is 2. The van der Waals surface area contributed by atoms with Gasteiger partial charge in [-0.25, -0.2) is 4.39 Å². The Labute approximate surface area is 170 Å². The van der Waals surface area contributed by atoms with Crippen LogP contribution in [0, 0.1) is 5.82 Å². The van der Waals surface area contributed by atoms with Crippen molar-refractivity contribution in [1.82, 2.24) is 4.90 Å². The first-order valence-corrected chi connectivity index (χ1v) is 10.00. The summed E-state index contributed by atoms with van der Waals surface area (Å²) in [4.78, 5) is 2.44. The van der Waals surface area contributed by atoms with E-state index in [0.717, 1.165) is 25.2 Å². The Bertz CT molecular complexity index is 871. The SMILES string of the molecule is OC(c1ccc(F)cc1)(c1ccc(Cl)cc1)c1ccc(CN2CCCC2)cc1. The first kappa shape index (κ1) is 19.1. The largest absolute Gasteiger partial charge is 0.376 e. The Morgan fingerprint density at radius 1 is 0.786 bits per heavy atom. The molecule has 3 aromatic rings. The van der Waals surface area contributed by atoms with Gasteiger partial charge in [0, 0.05) is 11.6 Å². The Balaban J connectivity index is 1.72. The van der Waals surface area contributed by atoms with Gasteiger partial charge in [0.1, 0.15) is 11.4 Å². The molecule has 0 aromatic heterocycles. The minimum Gasteiger partial charge on any atom is -0.376 e. The first-order chi connectivity index (χ1) is 13.6. The lowest BCUT2D eigenvalue weighted by atomic mass is 9.80. The molecular formula is C24H23ClFNO. The lowest BCUT2D eigenvalue weighted by Crippen LogP contribution is -2.29. The minimum absolute atomic E-state index is 0.330. The lowest BCUT2D eigenvalue weighted by Gasteiger charge is -2.30. The second-order valence-electron chi connectivity index (χ2n) is 7.40. The van der Waals surface area contributed by atoms with Gasteiger partial charge in [-0.2, -0.15) is 0 Å². The second kappa shape index (κ2) is 8.04. The molecular weight excluding hydrogens is 373 g/mol. The van der Waals surface area contributed by atoms with Gasteiger partial charge in [-0.1, -0.05) is 60.1 Å². The fraction of sp³-hybridized carbons (Fsp3) is 0.250. The van der Waals surface area contributed by atoms with E-state index in [0.29, 0.717) is 16.1 Å². The van der Waals surface area contributed by atoms with Gasteiger partial charge in [-0.3, -0.25) is 4.90 Å². The van der Waals surface area contributed by atoms with E-state index in [-0.39, 0.29) is 5.82 Å². The number of benzene rings is 3. The summed E-state index contributed by atoms with van der Waals surface area (Å²) in [5, 5.41) is 12.4. The highest BCUT2D eigenvalue weighted by Crippen LogP contribution is 2.37. The predicted molar refractivity (Wildman–Crippen MR) is 111 cm³/mol. The molecule has 1 fully saturated rings. The van der Waals surface area contributed by atoms with Crippen molar-refractivity contribution in [1.29, 1.82) is 0 Å². The van der Waals surface area contributed by atoms with Crippen molar-refractivity contribution in [2.24, 2.45) is 0 Å². The van der Waals surface area contributed by atoms with Gasteiger partial charge >= 0.3 is 0 Å². The molecule has 1 atom stereocenters. The number of halogens is 2. The smallest absolute Gasteiger partial charge is 0.140 e. The van der Waals surface area contributed by atoms with Crippen LogP contribution < -0.4 is 0 Å². The number of likely N-dealkylation sites (tertiary alicyclic amines) is 1. The summed E-state index contributed by atoms with van der Waals surface area (Å²) in [6, 6.07) is 21.2. The van der Waals surface area contributed by atoms with Gasteiger partial charge in [0.05, 0.1) is 0 Å². The van der Waals surface area contributed by atoms with Crippen molar-refractivity contribution in [2.75, 3.05) is 13.1 Å². The van der Waals surface area contributed by atoms with Crippen LogP contribution in [0.2, 0.25) is 5.02 Å². The van der Waals surface area contributed by atoms with Crippen molar-refractivity contribution < 1.29 is 9.50 Å². The molecule has 1 aliphatic heterocycles. The quantitative estimate of drug-likeness (QED) is 0.588. The topological polar surface area (TPSA) is 23.5 Å². The summed E-state index contributed by atoms with van der Waals surface area (Å²) in [7, 11) is 0. The van der Waals surface area contributed by atoms with Crippen LogP contribution in [0.15, 0.2) is 72.8 Å². The fourth-order valence-electron chi connectivity index (χ4n) is 3.93. The van der Waals surface area contributed by atoms with E-state index in [2.05, 4.69) is 17.0 Å². The average molecular weight is 396 g/mol. The summed E-state index contributed by atoms with van der Waals surface area (Å²) >= 11 is 6.04. The van der Waals surface area contributed by atoms with E-state index in [1.54, 1.807) is 24.3 Å². The summed E-state index contributed by atoms with van der Waals surface area (Å²) in [5.74, 6) is -0.330. The Kier molecular flexibility index (Phi) is 5.49. The third-order valence-electron chi connectivity index (χ3n) is 5.50. The maximum atomic E-state index is 13.5. The van der Waals surface area contributed by atoms with E-state index < -0.39 is 5.60 Å². The third kappa shape index (κ3) is 3.83. The highest BCUT2D eigenvalue weighted by molar-refractivity contribution is 6.30. The third-order valence-corrected chi connectivity index (χ3v) is 5.75. The van der Waals surface area contributed by atoms with Crippen LogP contribution in [0.25, 0.3) is 0 Å². The molecule has 0 amide bonds. The van der Waals surface area contributed by atoms with Crippen LogP contribution in [-0.2, 0) is 12.1 Å². The summed E-state index contributed by atoms with van der Waals surface area (Å²) in [5.41, 5.74) is 1.89. The fourth-order valence-corrected chi connectivity index (χ4v) is 4.06. The minimum atomic E-state index is -1.38. The van der Waals surface area contributed by atoms with Gasteiger partial charge in [0.15, 0.2) is 0 Å². The standard InChI is InChI=1S/C24H23ClFNO/c25-22-11-7-20(8-12-22)24(28,21-9-13-23(26)14-10-21)19-5-3-18(4-6-19)17-27-15-1-2-16-27/h3-14,28H,1-2,15-17H2. The van der Waals surface area contributed by atoms with Crippen molar-refractivity contribution in [3.05, 3.63) is 106 Å². The van der Waals surface area contributed by atoms with E-state index in [1.165, 1.54) is 30.5 Å². The van der Waals surface area contributed by atoms with E-state index in [1.807, 2.05) is 24.3 Å². The highest BCUT2D eigenvalue weighted by atomic mass is 35.5. The maximum Gasteiger partial charge on any atom is 0.140 e. The van der Waals surface area contributed by atoms with Crippen LogP contribution in [-0.4, -0.2) is 23.1 Å². The van der Waals surface area contributed by atoms with Crippen molar-refractivity contribution in [3.8, 4) is 0 Å². The summed E-state index contributed by atoms with van der Waals surface area (Å²) in [6.07, 6.45) is 2.53. The second-order valence-corrected chi connectivity index (χ2v) is 7.84. The first-order valence-electron chi connectivity index (χ1n) is 9.62. The van der Waals surface area contributed by atoms with Crippen LogP contribution in [0.1, 0.15) is 35.1 Å².